The van der Waals surface area contributed by atoms with Crippen LogP contribution in [0.15, 0.2) is 28.2 Å². The van der Waals surface area contributed by atoms with E-state index >= 15 is 0 Å². The number of carbonyl (C=O) groups excluding carboxylic acids is 1. The molecule has 0 aliphatic carbocycles. The van der Waals surface area contributed by atoms with E-state index in [1.807, 2.05) is 0 Å². The Morgan fingerprint density at radius 2 is 1.97 bits per heavy atom. The third-order valence-corrected chi connectivity index (χ3v) is 7.39. The maximum atomic E-state index is 12.8. The number of hydrogen-bond acceptors (Lipinski definition) is 8. The Morgan fingerprint density at radius 1 is 1.30 bits per heavy atom. The minimum atomic E-state index is -3.79. The minimum absolute atomic E-state index is 0.0475. The van der Waals surface area contributed by atoms with E-state index < -0.39 is 26.6 Å². The van der Waals surface area contributed by atoms with E-state index in [9.17, 15) is 23.3 Å². The number of aromatic nitrogens is 1. The van der Waals surface area contributed by atoms with Gasteiger partial charge < -0.3 is 9.72 Å². The van der Waals surface area contributed by atoms with Gasteiger partial charge in [0.15, 0.2) is 0 Å². The number of H-pyrrole nitrogens is 1. The largest absolute Gasteiger partial charge is 0.462 e. The number of hydrogen-bond donors (Lipinski definition) is 2. The SMILES string of the molecule is CCOC(=O)c1c(C)[nH]c(/C(C)=N/Nc2ccc(S(=O)(=O)N3CCCC3)cc2[N+](=O)[O-])c1C. The number of nitro groups is 1. The summed E-state index contributed by atoms with van der Waals surface area (Å²) in [6, 6.07) is 3.70. The van der Waals surface area contributed by atoms with Crippen molar-refractivity contribution in [1.82, 2.24) is 9.29 Å². The molecule has 0 amide bonds. The van der Waals surface area contributed by atoms with Gasteiger partial charge in [-0.2, -0.15) is 9.41 Å². The molecule has 1 aliphatic heterocycles. The molecule has 2 heterocycles. The van der Waals surface area contributed by atoms with E-state index in [0.29, 0.717) is 41.3 Å². The summed E-state index contributed by atoms with van der Waals surface area (Å²) < 4.78 is 31.9. The van der Waals surface area contributed by atoms with Crippen LogP contribution in [-0.2, 0) is 14.8 Å². The predicted octanol–water partition coefficient (Wildman–Crippen LogP) is 3.34. The predicted molar refractivity (Wildman–Crippen MR) is 123 cm³/mol. The molecule has 0 saturated carbocycles. The fourth-order valence-corrected chi connectivity index (χ4v) is 5.35. The van der Waals surface area contributed by atoms with Crippen LogP contribution in [0.3, 0.4) is 0 Å². The number of aryl methyl sites for hydroxylation is 1. The van der Waals surface area contributed by atoms with Gasteiger partial charge in [0.05, 0.1) is 33.4 Å². The van der Waals surface area contributed by atoms with Crippen LogP contribution in [-0.4, -0.2) is 54.0 Å². The average Bonchev–Trinajstić information content (AvgIpc) is 3.40. The highest BCUT2D eigenvalue weighted by molar-refractivity contribution is 7.89. The Hall–Kier alpha value is -3.25. The first-order chi connectivity index (χ1) is 15.6. The molecule has 1 saturated heterocycles. The summed E-state index contributed by atoms with van der Waals surface area (Å²) in [5.74, 6) is -0.443. The molecular weight excluding hydrogens is 450 g/mol. The van der Waals surface area contributed by atoms with Crippen molar-refractivity contribution in [2.45, 2.75) is 45.4 Å². The van der Waals surface area contributed by atoms with Crippen LogP contribution < -0.4 is 5.43 Å². The van der Waals surface area contributed by atoms with E-state index in [-0.39, 0.29) is 17.2 Å². The molecule has 0 atom stereocenters. The second kappa shape index (κ2) is 9.71. The van der Waals surface area contributed by atoms with Crippen LogP contribution in [0.1, 0.15) is 54.0 Å². The molecule has 33 heavy (non-hydrogen) atoms. The first kappa shape index (κ1) is 24.4. The van der Waals surface area contributed by atoms with Crippen molar-refractivity contribution in [3.63, 3.8) is 0 Å². The third kappa shape index (κ3) is 4.91. The Labute approximate surface area is 192 Å². The standard InChI is InChI=1S/C21H27N5O6S/c1-5-32-21(27)19-13(2)20(22-14(19)3)15(4)23-24-17-9-8-16(12-18(17)26(28)29)33(30,31)25-10-6-7-11-25/h8-9,12,22,24H,5-7,10-11H2,1-4H3/b23-15+. The molecule has 0 spiro atoms. The molecule has 11 nitrogen and oxygen atoms in total. The number of nitro benzene ring substituents is 1. The lowest BCUT2D eigenvalue weighted by Crippen LogP contribution is -2.27. The van der Waals surface area contributed by atoms with E-state index in [1.54, 1.807) is 27.7 Å². The quantitative estimate of drug-likeness (QED) is 0.256. The molecule has 3 rings (SSSR count). The molecular formula is C21H27N5O6S. The summed E-state index contributed by atoms with van der Waals surface area (Å²) in [5.41, 5.74) is 5.02. The first-order valence-electron chi connectivity index (χ1n) is 10.5. The molecule has 2 N–H and O–H groups in total. The molecule has 0 unspecified atom stereocenters. The molecule has 1 aromatic carbocycles. The summed E-state index contributed by atoms with van der Waals surface area (Å²) >= 11 is 0. The van der Waals surface area contributed by atoms with Crippen LogP contribution in [0.5, 0.6) is 0 Å². The lowest BCUT2D eigenvalue weighted by Gasteiger charge is -2.15. The maximum Gasteiger partial charge on any atom is 0.340 e. The summed E-state index contributed by atoms with van der Waals surface area (Å²) in [7, 11) is -3.79. The molecule has 0 bridgehead atoms. The molecule has 1 aliphatic rings. The van der Waals surface area contributed by atoms with Gasteiger partial charge in [0.25, 0.3) is 5.69 Å². The van der Waals surface area contributed by atoms with Gasteiger partial charge in [-0.25, -0.2) is 13.2 Å². The highest BCUT2D eigenvalue weighted by Gasteiger charge is 2.29. The number of aromatic amines is 1. The lowest BCUT2D eigenvalue weighted by atomic mass is 10.1. The third-order valence-electron chi connectivity index (χ3n) is 5.49. The minimum Gasteiger partial charge on any atom is -0.462 e. The van der Waals surface area contributed by atoms with Crippen molar-refractivity contribution in [2.24, 2.45) is 5.10 Å². The van der Waals surface area contributed by atoms with Crippen LogP contribution >= 0.6 is 0 Å². The van der Waals surface area contributed by atoms with E-state index in [0.717, 1.165) is 18.9 Å². The fraction of sp³-hybridized carbons (Fsp3) is 0.429. The van der Waals surface area contributed by atoms with Crippen LogP contribution in [0.25, 0.3) is 0 Å². The van der Waals surface area contributed by atoms with Crippen molar-refractivity contribution in [3.8, 4) is 0 Å². The molecule has 1 aromatic heterocycles. The molecule has 12 heteroatoms. The summed E-state index contributed by atoms with van der Waals surface area (Å²) in [4.78, 5) is 26.1. The van der Waals surface area contributed by atoms with Gasteiger partial charge in [0.2, 0.25) is 10.0 Å². The number of esters is 1. The van der Waals surface area contributed by atoms with Gasteiger partial charge in [-0.3, -0.25) is 15.5 Å². The number of anilines is 1. The van der Waals surface area contributed by atoms with Crippen molar-refractivity contribution < 1.29 is 22.9 Å². The normalized spacial score (nSPS) is 15.0. The molecule has 0 radical (unpaired) electrons. The monoisotopic (exact) mass is 477 g/mol. The van der Waals surface area contributed by atoms with Crippen LogP contribution in [0.4, 0.5) is 11.4 Å². The Bertz CT molecular complexity index is 1210. The number of sulfonamides is 1. The zero-order chi connectivity index (χ0) is 24.3. The number of carbonyl (C=O) groups is 1. The summed E-state index contributed by atoms with van der Waals surface area (Å²) in [6.07, 6.45) is 1.54. The smallest absolute Gasteiger partial charge is 0.340 e. The van der Waals surface area contributed by atoms with Gasteiger partial charge in [0.1, 0.15) is 5.69 Å². The Morgan fingerprint density at radius 3 is 2.58 bits per heavy atom. The maximum absolute atomic E-state index is 12.8. The number of nitrogens with zero attached hydrogens (tertiary/aromatic N) is 3. The van der Waals surface area contributed by atoms with Gasteiger partial charge in [-0.1, -0.05) is 0 Å². The second-order valence-electron chi connectivity index (χ2n) is 7.70. The number of rotatable bonds is 8. The lowest BCUT2D eigenvalue weighted by molar-refractivity contribution is -0.384. The van der Waals surface area contributed by atoms with Crippen LogP contribution in [0.2, 0.25) is 0 Å². The van der Waals surface area contributed by atoms with E-state index in [4.69, 9.17) is 4.74 Å². The van der Waals surface area contributed by atoms with Crippen molar-refractivity contribution in [1.29, 1.82) is 0 Å². The van der Waals surface area contributed by atoms with Crippen LogP contribution in [0, 0.1) is 24.0 Å². The van der Waals surface area contributed by atoms with Gasteiger partial charge in [-0.05, 0) is 58.2 Å². The van der Waals surface area contributed by atoms with Gasteiger partial charge in [-0.15, -0.1) is 0 Å². The topological polar surface area (TPSA) is 147 Å². The number of nitrogens with one attached hydrogen (secondary N) is 2. The second-order valence-corrected chi connectivity index (χ2v) is 9.64. The number of ether oxygens (including phenoxy) is 1. The number of hydrazone groups is 1. The van der Waals surface area contributed by atoms with Crippen molar-refractivity contribution in [3.05, 3.63) is 50.8 Å². The van der Waals surface area contributed by atoms with E-state index in [1.165, 1.54) is 16.4 Å². The van der Waals surface area contributed by atoms with Crippen molar-refractivity contribution >= 4 is 33.1 Å². The Balaban J connectivity index is 1.90. The Kier molecular flexibility index (Phi) is 7.18. The summed E-state index contributed by atoms with van der Waals surface area (Å²) in [6.45, 7) is 7.96. The highest BCUT2D eigenvalue weighted by atomic mass is 32.2. The van der Waals surface area contributed by atoms with E-state index in [2.05, 4.69) is 15.5 Å². The van der Waals surface area contributed by atoms with Gasteiger partial charge in [0, 0.05) is 24.8 Å². The summed E-state index contributed by atoms with van der Waals surface area (Å²) in [5, 5.41) is 15.8. The van der Waals surface area contributed by atoms with Crippen molar-refractivity contribution in [2.75, 3.05) is 25.1 Å². The highest BCUT2D eigenvalue weighted by Crippen LogP contribution is 2.30. The van der Waals surface area contributed by atoms with Gasteiger partial charge >= 0.3 is 5.97 Å². The number of benzene rings is 1. The molecule has 1 fully saturated rings. The average molecular weight is 478 g/mol. The zero-order valence-corrected chi connectivity index (χ0v) is 19.8. The molecule has 178 valence electrons. The zero-order valence-electron chi connectivity index (χ0n) is 19.0. The first-order valence-corrected chi connectivity index (χ1v) is 12.0. The molecule has 2 aromatic rings. The fourth-order valence-electron chi connectivity index (χ4n) is 3.82.